The predicted molar refractivity (Wildman–Crippen MR) is 62.9 cm³/mol. The van der Waals surface area contributed by atoms with E-state index >= 15 is 0 Å². The smallest absolute Gasteiger partial charge is 0.506 e. The first-order chi connectivity index (χ1) is 9.67. The number of carboxylic acids is 1. The highest BCUT2D eigenvalue weighted by atomic mass is 19.4. The van der Waals surface area contributed by atoms with Crippen LogP contribution < -0.4 is 9.64 Å². The van der Waals surface area contributed by atoms with Crippen molar-refractivity contribution in [3.63, 3.8) is 0 Å². The van der Waals surface area contributed by atoms with Gasteiger partial charge < -0.3 is 19.8 Å². The van der Waals surface area contributed by atoms with Gasteiger partial charge in [0.2, 0.25) is 5.91 Å². The predicted octanol–water partition coefficient (Wildman–Crippen LogP) is 1.73. The molecule has 1 fully saturated rings. The zero-order valence-corrected chi connectivity index (χ0v) is 10.4. The molecule has 1 saturated heterocycles. The molecule has 1 atom stereocenters. The molecule has 6 nitrogen and oxygen atoms in total. The summed E-state index contributed by atoms with van der Waals surface area (Å²) in [6.07, 6.45) is -5.19. The largest absolute Gasteiger partial charge is 0.573 e. The molecular formula is C12H10F3NO5. The zero-order valence-electron chi connectivity index (χ0n) is 10.4. The molecule has 2 rings (SSSR count). The van der Waals surface area contributed by atoms with Gasteiger partial charge in [-0.15, -0.1) is 13.2 Å². The van der Waals surface area contributed by atoms with Crippen LogP contribution in [0.3, 0.4) is 0 Å². The van der Waals surface area contributed by atoms with Crippen molar-refractivity contribution in [3.8, 4) is 11.5 Å². The standard InChI is InChI=1S/C12H10F3NO5/c13-12(14,15)21-7-1-2-9(17)8(4-7)16-5-6(11(19)20)3-10(16)18/h1-2,4,6,17H,3,5H2,(H,19,20). The quantitative estimate of drug-likeness (QED) is 0.888. The van der Waals surface area contributed by atoms with Crippen LogP contribution in [0.15, 0.2) is 18.2 Å². The van der Waals surface area contributed by atoms with Gasteiger partial charge in [-0.1, -0.05) is 0 Å². The molecule has 0 spiro atoms. The van der Waals surface area contributed by atoms with E-state index in [0.717, 1.165) is 23.1 Å². The highest BCUT2D eigenvalue weighted by Crippen LogP contribution is 2.36. The Bertz CT molecular complexity index is 587. The average Bonchev–Trinajstić information content (AvgIpc) is 2.72. The van der Waals surface area contributed by atoms with Gasteiger partial charge in [0.05, 0.1) is 11.6 Å². The molecule has 1 aromatic rings. The van der Waals surface area contributed by atoms with Gasteiger partial charge in [-0.2, -0.15) is 0 Å². The number of phenols is 1. The van der Waals surface area contributed by atoms with Gasteiger partial charge in [-0.05, 0) is 12.1 Å². The molecule has 2 N–H and O–H groups in total. The summed E-state index contributed by atoms with van der Waals surface area (Å²) in [7, 11) is 0. The molecule has 0 aromatic heterocycles. The molecule has 0 aliphatic carbocycles. The second-order valence-electron chi connectivity index (χ2n) is 4.44. The number of halogens is 3. The molecule has 1 heterocycles. The number of carboxylic acid groups (broad SMARTS) is 1. The Balaban J connectivity index is 2.29. The minimum Gasteiger partial charge on any atom is -0.506 e. The Hall–Kier alpha value is -2.45. The van der Waals surface area contributed by atoms with Gasteiger partial charge in [0.15, 0.2) is 0 Å². The fourth-order valence-electron chi connectivity index (χ4n) is 2.02. The van der Waals surface area contributed by atoms with Gasteiger partial charge in [0.1, 0.15) is 11.5 Å². The second kappa shape index (κ2) is 5.15. The number of rotatable bonds is 3. The summed E-state index contributed by atoms with van der Waals surface area (Å²) in [5, 5.41) is 18.5. The Labute approximate surface area is 116 Å². The number of benzene rings is 1. The third-order valence-corrected chi connectivity index (χ3v) is 2.95. The summed E-state index contributed by atoms with van der Waals surface area (Å²) in [5.41, 5.74) is -0.217. The molecule has 0 bridgehead atoms. The van der Waals surface area contributed by atoms with E-state index in [1.807, 2.05) is 0 Å². The molecular weight excluding hydrogens is 295 g/mol. The highest BCUT2D eigenvalue weighted by Gasteiger charge is 2.37. The lowest BCUT2D eigenvalue weighted by atomic mass is 10.1. The van der Waals surface area contributed by atoms with E-state index in [2.05, 4.69) is 4.74 Å². The summed E-state index contributed by atoms with van der Waals surface area (Å²) >= 11 is 0. The maximum atomic E-state index is 12.2. The van der Waals surface area contributed by atoms with Crippen LogP contribution >= 0.6 is 0 Å². The number of amides is 1. The van der Waals surface area contributed by atoms with Crippen molar-refractivity contribution in [1.29, 1.82) is 0 Å². The zero-order chi connectivity index (χ0) is 15.8. The Morgan fingerprint density at radius 1 is 1.38 bits per heavy atom. The molecule has 0 saturated carbocycles. The minimum atomic E-state index is -4.91. The molecule has 1 aliphatic rings. The molecule has 1 unspecified atom stereocenters. The second-order valence-corrected chi connectivity index (χ2v) is 4.44. The maximum Gasteiger partial charge on any atom is 0.573 e. The van der Waals surface area contributed by atoms with Crippen LogP contribution in [0.4, 0.5) is 18.9 Å². The van der Waals surface area contributed by atoms with Crippen LogP contribution in [-0.4, -0.2) is 35.0 Å². The first-order valence-corrected chi connectivity index (χ1v) is 5.79. The molecule has 1 aliphatic heterocycles. The van der Waals surface area contributed by atoms with Crippen LogP contribution in [0.5, 0.6) is 11.5 Å². The van der Waals surface area contributed by atoms with E-state index in [0.29, 0.717) is 0 Å². The van der Waals surface area contributed by atoms with Crippen LogP contribution in [0.1, 0.15) is 6.42 Å². The maximum absolute atomic E-state index is 12.2. The van der Waals surface area contributed by atoms with Crippen LogP contribution in [-0.2, 0) is 9.59 Å². The Kier molecular flexibility index (Phi) is 3.67. The molecule has 21 heavy (non-hydrogen) atoms. The molecule has 1 amide bonds. The molecule has 1 aromatic carbocycles. The Morgan fingerprint density at radius 2 is 2.05 bits per heavy atom. The fraction of sp³-hybridized carbons (Fsp3) is 0.333. The van der Waals surface area contributed by atoms with E-state index in [1.54, 1.807) is 0 Å². The van der Waals surface area contributed by atoms with E-state index in [9.17, 15) is 27.9 Å². The van der Waals surface area contributed by atoms with Gasteiger partial charge >= 0.3 is 12.3 Å². The average molecular weight is 305 g/mol. The van der Waals surface area contributed by atoms with Crippen LogP contribution in [0, 0.1) is 5.92 Å². The number of anilines is 1. The van der Waals surface area contributed by atoms with Crippen LogP contribution in [0.2, 0.25) is 0 Å². The van der Waals surface area contributed by atoms with Crippen molar-refractivity contribution in [1.82, 2.24) is 0 Å². The number of hydrogen-bond donors (Lipinski definition) is 2. The minimum absolute atomic E-state index is 0.217. The van der Waals surface area contributed by atoms with Crippen molar-refractivity contribution in [2.24, 2.45) is 5.92 Å². The summed E-state index contributed by atoms with van der Waals surface area (Å²) in [6, 6.07) is 2.67. The Morgan fingerprint density at radius 3 is 2.57 bits per heavy atom. The van der Waals surface area contributed by atoms with Crippen molar-refractivity contribution in [3.05, 3.63) is 18.2 Å². The van der Waals surface area contributed by atoms with Crippen molar-refractivity contribution < 1.29 is 37.7 Å². The number of hydrogen-bond acceptors (Lipinski definition) is 4. The van der Waals surface area contributed by atoms with Crippen molar-refractivity contribution in [2.45, 2.75) is 12.8 Å². The number of ether oxygens (including phenoxy) is 1. The van der Waals surface area contributed by atoms with E-state index in [4.69, 9.17) is 5.11 Å². The monoisotopic (exact) mass is 305 g/mol. The lowest BCUT2D eigenvalue weighted by Gasteiger charge is -2.19. The topological polar surface area (TPSA) is 87.1 Å². The lowest BCUT2D eigenvalue weighted by Crippen LogP contribution is -2.26. The first kappa shape index (κ1) is 14.9. The van der Waals surface area contributed by atoms with Gasteiger partial charge in [-0.3, -0.25) is 9.59 Å². The molecule has 114 valence electrons. The number of phenolic OH excluding ortho intramolecular Hbond substituents is 1. The summed E-state index contributed by atoms with van der Waals surface area (Å²) in [5.74, 6) is -3.80. The van der Waals surface area contributed by atoms with E-state index in [1.165, 1.54) is 0 Å². The number of aromatic hydroxyl groups is 1. The molecule has 0 radical (unpaired) electrons. The van der Waals surface area contributed by atoms with Gasteiger partial charge in [-0.25, -0.2) is 0 Å². The van der Waals surface area contributed by atoms with Gasteiger partial charge in [0, 0.05) is 19.0 Å². The SMILES string of the molecule is O=C(O)C1CC(=O)N(c2cc(OC(F)(F)F)ccc2O)C1. The van der Waals surface area contributed by atoms with Crippen molar-refractivity contribution >= 4 is 17.6 Å². The number of carbonyl (C=O) groups is 2. The van der Waals surface area contributed by atoms with Gasteiger partial charge in [0.25, 0.3) is 0 Å². The van der Waals surface area contributed by atoms with Crippen LogP contribution in [0.25, 0.3) is 0 Å². The third-order valence-electron chi connectivity index (χ3n) is 2.95. The number of nitrogens with zero attached hydrogens (tertiary/aromatic N) is 1. The first-order valence-electron chi connectivity index (χ1n) is 5.79. The van der Waals surface area contributed by atoms with E-state index in [-0.39, 0.29) is 18.7 Å². The number of aliphatic carboxylic acids is 1. The number of carbonyl (C=O) groups excluding carboxylic acids is 1. The lowest BCUT2D eigenvalue weighted by molar-refractivity contribution is -0.274. The third kappa shape index (κ3) is 3.36. The summed E-state index contributed by atoms with van der Waals surface area (Å²) in [4.78, 5) is 23.5. The highest BCUT2D eigenvalue weighted by molar-refractivity contribution is 6.00. The summed E-state index contributed by atoms with van der Waals surface area (Å²) < 4.78 is 40.2. The normalized spacial score (nSPS) is 18.9. The molecule has 9 heteroatoms. The van der Waals surface area contributed by atoms with Crippen molar-refractivity contribution in [2.75, 3.05) is 11.4 Å². The number of alkyl halides is 3. The van der Waals surface area contributed by atoms with E-state index < -0.39 is 35.7 Å². The summed E-state index contributed by atoms with van der Waals surface area (Å²) in [6.45, 7) is -0.225. The fourth-order valence-corrected chi connectivity index (χ4v) is 2.02.